The summed E-state index contributed by atoms with van der Waals surface area (Å²) in [7, 11) is 0.0780. The SMILES string of the molecule is CN(C)c1cccc(NS(=O)(=O)c2ccc(CN)cn2)c1. The van der Waals surface area contributed by atoms with Crippen LogP contribution in [0.1, 0.15) is 5.56 Å². The predicted octanol–water partition coefficient (Wildman–Crippen LogP) is 1.41. The second-order valence-electron chi connectivity index (χ2n) is 4.76. The summed E-state index contributed by atoms with van der Waals surface area (Å²) in [5, 5.41) is -0.0324. The van der Waals surface area contributed by atoms with E-state index in [1.54, 1.807) is 24.3 Å². The van der Waals surface area contributed by atoms with E-state index in [0.29, 0.717) is 12.2 Å². The van der Waals surface area contributed by atoms with Crippen molar-refractivity contribution in [2.24, 2.45) is 5.73 Å². The van der Waals surface area contributed by atoms with Crippen LogP contribution in [0, 0.1) is 0 Å². The van der Waals surface area contributed by atoms with E-state index >= 15 is 0 Å². The van der Waals surface area contributed by atoms with Crippen molar-refractivity contribution in [3.8, 4) is 0 Å². The van der Waals surface area contributed by atoms with Crippen molar-refractivity contribution in [1.29, 1.82) is 0 Å². The summed E-state index contributed by atoms with van der Waals surface area (Å²) in [5.41, 5.74) is 7.64. The zero-order chi connectivity index (χ0) is 15.5. The maximum atomic E-state index is 12.3. The number of aromatic nitrogens is 1. The van der Waals surface area contributed by atoms with Gasteiger partial charge in [0.25, 0.3) is 10.0 Å². The minimum Gasteiger partial charge on any atom is -0.378 e. The van der Waals surface area contributed by atoms with E-state index in [-0.39, 0.29) is 5.03 Å². The molecule has 2 rings (SSSR count). The maximum absolute atomic E-state index is 12.3. The number of rotatable bonds is 5. The van der Waals surface area contributed by atoms with Crippen molar-refractivity contribution in [2.75, 3.05) is 23.7 Å². The van der Waals surface area contributed by atoms with Crippen LogP contribution in [0.15, 0.2) is 47.6 Å². The first kappa shape index (κ1) is 15.3. The zero-order valence-corrected chi connectivity index (χ0v) is 12.8. The first-order chi connectivity index (χ1) is 9.92. The third-order valence-corrected chi connectivity index (χ3v) is 4.22. The Bertz CT molecular complexity index is 712. The van der Waals surface area contributed by atoms with Crippen LogP contribution in [0.25, 0.3) is 0 Å². The van der Waals surface area contributed by atoms with Gasteiger partial charge < -0.3 is 10.6 Å². The highest BCUT2D eigenvalue weighted by atomic mass is 32.2. The van der Waals surface area contributed by atoms with E-state index in [1.165, 1.54) is 12.3 Å². The molecule has 1 heterocycles. The monoisotopic (exact) mass is 306 g/mol. The Morgan fingerprint density at radius 3 is 2.57 bits per heavy atom. The molecule has 1 aromatic carbocycles. The predicted molar refractivity (Wildman–Crippen MR) is 83.7 cm³/mol. The highest BCUT2D eigenvalue weighted by molar-refractivity contribution is 7.92. The summed E-state index contributed by atoms with van der Waals surface area (Å²) >= 11 is 0. The van der Waals surface area contributed by atoms with E-state index in [0.717, 1.165) is 11.3 Å². The molecule has 0 atom stereocenters. The number of benzene rings is 1. The molecule has 0 radical (unpaired) electrons. The molecule has 0 fully saturated rings. The third-order valence-electron chi connectivity index (χ3n) is 2.92. The molecule has 0 saturated heterocycles. The molecule has 1 aromatic heterocycles. The quantitative estimate of drug-likeness (QED) is 0.872. The number of hydrogen-bond donors (Lipinski definition) is 2. The van der Waals surface area contributed by atoms with Crippen LogP contribution < -0.4 is 15.4 Å². The number of anilines is 2. The minimum atomic E-state index is -3.70. The van der Waals surface area contributed by atoms with Crippen LogP contribution in [0.3, 0.4) is 0 Å². The first-order valence-corrected chi connectivity index (χ1v) is 7.86. The molecule has 0 aliphatic carbocycles. The van der Waals surface area contributed by atoms with Gasteiger partial charge in [0.15, 0.2) is 5.03 Å². The van der Waals surface area contributed by atoms with E-state index in [9.17, 15) is 8.42 Å². The number of nitrogens with two attached hydrogens (primary N) is 1. The topological polar surface area (TPSA) is 88.3 Å². The van der Waals surface area contributed by atoms with Crippen molar-refractivity contribution in [1.82, 2.24) is 4.98 Å². The maximum Gasteiger partial charge on any atom is 0.279 e. The van der Waals surface area contributed by atoms with E-state index < -0.39 is 10.0 Å². The van der Waals surface area contributed by atoms with Gasteiger partial charge in [0, 0.05) is 32.5 Å². The van der Waals surface area contributed by atoms with Gasteiger partial charge in [0.2, 0.25) is 0 Å². The lowest BCUT2D eigenvalue weighted by molar-refractivity contribution is 0.597. The van der Waals surface area contributed by atoms with Crippen LogP contribution in [0.4, 0.5) is 11.4 Å². The molecule has 21 heavy (non-hydrogen) atoms. The summed E-state index contributed by atoms with van der Waals surface area (Å²) in [6, 6.07) is 10.2. The fourth-order valence-corrected chi connectivity index (χ4v) is 2.73. The highest BCUT2D eigenvalue weighted by Gasteiger charge is 2.15. The average molecular weight is 306 g/mol. The molecule has 6 nitrogen and oxygen atoms in total. The van der Waals surface area contributed by atoms with Crippen LogP contribution >= 0.6 is 0 Å². The number of nitrogens with one attached hydrogen (secondary N) is 1. The molecule has 0 unspecified atom stereocenters. The molecule has 112 valence electrons. The summed E-state index contributed by atoms with van der Waals surface area (Å²) in [6.45, 7) is 0.325. The van der Waals surface area contributed by atoms with Gasteiger partial charge >= 0.3 is 0 Å². The lowest BCUT2D eigenvalue weighted by Gasteiger charge is -2.14. The van der Waals surface area contributed by atoms with Crippen LogP contribution in [0.2, 0.25) is 0 Å². The molecule has 0 aliphatic heterocycles. The number of pyridine rings is 1. The smallest absolute Gasteiger partial charge is 0.279 e. The van der Waals surface area contributed by atoms with Crippen LogP contribution in [-0.4, -0.2) is 27.5 Å². The van der Waals surface area contributed by atoms with Crippen molar-refractivity contribution >= 4 is 21.4 Å². The van der Waals surface area contributed by atoms with Gasteiger partial charge in [-0.3, -0.25) is 4.72 Å². The van der Waals surface area contributed by atoms with E-state index in [1.807, 2.05) is 25.1 Å². The number of sulfonamides is 1. The number of nitrogens with zero attached hydrogens (tertiary/aromatic N) is 2. The fourth-order valence-electron chi connectivity index (χ4n) is 1.75. The second kappa shape index (κ2) is 6.11. The Hall–Kier alpha value is -2.12. The summed E-state index contributed by atoms with van der Waals surface area (Å²) in [4.78, 5) is 5.83. The van der Waals surface area contributed by atoms with Crippen molar-refractivity contribution in [3.63, 3.8) is 0 Å². The molecule has 0 bridgehead atoms. The second-order valence-corrected chi connectivity index (χ2v) is 6.39. The molecule has 2 aromatic rings. The van der Waals surface area contributed by atoms with Gasteiger partial charge in [-0.05, 0) is 29.8 Å². The Morgan fingerprint density at radius 2 is 2.00 bits per heavy atom. The van der Waals surface area contributed by atoms with Gasteiger partial charge in [-0.15, -0.1) is 0 Å². The first-order valence-electron chi connectivity index (χ1n) is 6.37. The number of hydrogen-bond acceptors (Lipinski definition) is 5. The molecule has 0 aliphatic rings. The van der Waals surface area contributed by atoms with Crippen LogP contribution in [0.5, 0.6) is 0 Å². The van der Waals surface area contributed by atoms with Crippen molar-refractivity contribution in [2.45, 2.75) is 11.6 Å². The summed E-state index contributed by atoms with van der Waals surface area (Å²) in [6.07, 6.45) is 1.46. The third kappa shape index (κ3) is 3.71. The Balaban J connectivity index is 2.26. The Labute approximate surface area is 124 Å². The molecular formula is C14H18N4O2S. The molecule has 0 saturated carbocycles. The Kier molecular flexibility index (Phi) is 4.44. The normalized spacial score (nSPS) is 11.2. The van der Waals surface area contributed by atoms with Crippen LogP contribution in [-0.2, 0) is 16.6 Å². The van der Waals surface area contributed by atoms with Gasteiger partial charge in [0.05, 0.1) is 5.69 Å². The largest absolute Gasteiger partial charge is 0.378 e. The highest BCUT2D eigenvalue weighted by Crippen LogP contribution is 2.20. The standard InChI is InChI=1S/C14H18N4O2S/c1-18(2)13-5-3-4-12(8-13)17-21(19,20)14-7-6-11(9-15)10-16-14/h3-8,10,17H,9,15H2,1-2H3. The molecule has 0 spiro atoms. The zero-order valence-electron chi connectivity index (χ0n) is 11.9. The van der Waals surface area contributed by atoms with Gasteiger partial charge in [-0.2, -0.15) is 8.42 Å². The van der Waals surface area contributed by atoms with Gasteiger partial charge in [-0.25, -0.2) is 4.98 Å². The average Bonchev–Trinajstić information content (AvgIpc) is 2.47. The summed E-state index contributed by atoms with van der Waals surface area (Å²) < 4.78 is 27.0. The molecule has 0 amide bonds. The van der Waals surface area contributed by atoms with Gasteiger partial charge in [-0.1, -0.05) is 12.1 Å². The Morgan fingerprint density at radius 1 is 1.24 bits per heavy atom. The summed E-state index contributed by atoms with van der Waals surface area (Å²) in [5.74, 6) is 0. The molecule has 7 heteroatoms. The van der Waals surface area contributed by atoms with E-state index in [2.05, 4.69) is 9.71 Å². The lowest BCUT2D eigenvalue weighted by Crippen LogP contribution is -2.15. The molecule has 3 N–H and O–H groups in total. The van der Waals surface area contributed by atoms with Crippen molar-refractivity contribution < 1.29 is 8.42 Å². The fraction of sp³-hybridized carbons (Fsp3) is 0.214. The minimum absolute atomic E-state index is 0.0324. The lowest BCUT2D eigenvalue weighted by atomic mass is 10.3. The molecular weight excluding hydrogens is 288 g/mol. The van der Waals surface area contributed by atoms with E-state index in [4.69, 9.17) is 5.73 Å². The van der Waals surface area contributed by atoms with Gasteiger partial charge in [0.1, 0.15) is 0 Å². The van der Waals surface area contributed by atoms with Crippen molar-refractivity contribution in [3.05, 3.63) is 48.2 Å².